The quantitative estimate of drug-likeness (QED) is 0.191. The van der Waals surface area contributed by atoms with Crippen molar-refractivity contribution in [3.63, 3.8) is 0 Å². The molecule has 3 heterocycles. The molecule has 55 heavy (non-hydrogen) atoms. The number of carbonyl (C=O) groups is 3. The van der Waals surface area contributed by atoms with E-state index in [9.17, 15) is 31.9 Å². The first kappa shape index (κ1) is 39.5. The van der Waals surface area contributed by atoms with Gasteiger partial charge in [0.2, 0.25) is 0 Å². The number of amides is 2. The van der Waals surface area contributed by atoms with Crippen molar-refractivity contribution >= 4 is 46.0 Å². The van der Waals surface area contributed by atoms with Crippen LogP contribution in [0.25, 0.3) is 10.9 Å². The van der Waals surface area contributed by atoms with E-state index in [4.69, 9.17) is 14.2 Å². The molecular weight excluding hydrogens is 724 g/mol. The van der Waals surface area contributed by atoms with Crippen molar-refractivity contribution in [1.29, 1.82) is 0 Å². The lowest BCUT2D eigenvalue weighted by atomic mass is 10.0. The van der Waals surface area contributed by atoms with E-state index in [0.717, 1.165) is 10.2 Å². The fourth-order valence-electron chi connectivity index (χ4n) is 6.58. The number of alkyl halides is 3. The second-order valence-corrected chi connectivity index (χ2v) is 14.7. The van der Waals surface area contributed by atoms with Gasteiger partial charge in [0.05, 0.1) is 16.8 Å². The second-order valence-electron chi connectivity index (χ2n) is 14.7. The molecule has 4 aromatic rings. The third-order valence-electron chi connectivity index (χ3n) is 9.53. The number of carbonyl (C=O) groups excluding carboxylic acids is 3. The highest BCUT2D eigenvalue weighted by molar-refractivity contribution is 6.14. The van der Waals surface area contributed by atoms with E-state index in [0.29, 0.717) is 48.1 Å². The van der Waals surface area contributed by atoms with Crippen molar-refractivity contribution in [2.24, 2.45) is 0 Å². The lowest BCUT2D eigenvalue weighted by molar-refractivity contribution is -0.171. The highest BCUT2D eigenvalue weighted by Gasteiger charge is 2.46. The Morgan fingerprint density at radius 2 is 1.67 bits per heavy atom. The van der Waals surface area contributed by atoms with E-state index < -0.39 is 41.5 Å². The Labute approximate surface area is 315 Å². The molecule has 2 aliphatic heterocycles. The van der Waals surface area contributed by atoms with E-state index in [2.05, 4.69) is 15.3 Å². The fourth-order valence-corrected chi connectivity index (χ4v) is 6.58. The molecule has 16 heteroatoms. The largest absolute Gasteiger partial charge is 0.489 e. The Hall–Kier alpha value is -5.22. The summed E-state index contributed by atoms with van der Waals surface area (Å²) in [6.07, 6.45) is -5.83. The standard InChI is InChI=1S/C39H44F4N6O6/c1-24-6-7-26(40)20-25(24)23-54-29-9-11-32-31(22-29)34(45-49(32)37(52)55-38(2,3)4)44-35(50)30-10-8-28(47-16-14-46(5)15-17-47)21-33(30)48(36(51)39(41,42)43)27-12-18-53-19-13-27/h6-11,20-22,27H,12-19,23H2,1-5H3,(H,44,45,50). The van der Waals surface area contributed by atoms with Crippen molar-refractivity contribution < 1.29 is 46.2 Å². The summed E-state index contributed by atoms with van der Waals surface area (Å²) in [5, 5.41) is 7.31. The minimum atomic E-state index is -5.24. The van der Waals surface area contributed by atoms with Crippen LogP contribution in [0.15, 0.2) is 54.6 Å². The van der Waals surface area contributed by atoms with Gasteiger partial charge in [-0.05, 0) is 107 Å². The first-order valence-corrected chi connectivity index (χ1v) is 18.0. The Morgan fingerprint density at radius 1 is 0.964 bits per heavy atom. The molecular formula is C39H44F4N6O6. The van der Waals surface area contributed by atoms with Gasteiger partial charge in [0.15, 0.2) is 5.82 Å². The molecule has 1 N–H and O–H groups in total. The zero-order chi connectivity index (χ0) is 39.7. The van der Waals surface area contributed by atoms with Crippen molar-refractivity contribution in [2.75, 3.05) is 61.6 Å². The number of anilines is 3. The number of piperazine rings is 1. The fraction of sp³-hybridized carbons (Fsp3) is 0.436. The van der Waals surface area contributed by atoms with Gasteiger partial charge in [-0.1, -0.05) is 6.07 Å². The summed E-state index contributed by atoms with van der Waals surface area (Å²) in [5.41, 5.74) is 0.880. The number of fused-ring (bicyclic) bond motifs is 1. The smallest absolute Gasteiger partial charge is 0.471 e. The molecule has 0 radical (unpaired) electrons. The maximum Gasteiger partial charge on any atom is 0.471 e. The summed E-state index contributed by atoms with van der Waals surface area (Å²) in [4.78, 5) is 45.7. The van der Waals surface area contributed by atoms with Crippen LogP contribution in [-0.2, 0) is 20.9 Å². The SMILES string of the molecule is Cc1ccc(F)cc1COc1ccc2c(c1)c(NC(=O)c1ccc(N3CCN(C)CC3)cc1N(C(=O)C(F)(F)F)C1CCOCC1)nn2C(=O)OC(C)(C)C. The van der Waals surface area contributed by atoms with Gasteiger partial charge in [-0.15, -0.1) is 5.10 Å². The normalized spacial score (nSPS) is 15.9. The number of likely N-dealkylation sites (N-methyl/N-ethyl adjacent to an activating group) is 1. The third-order valence-corrected chi connectivity index (χ3v) is 9.53. The van der Waals surface area contributed by atoms with Crippen molar-refractivity contribution in [2.45, 2.75) is 65.0 Å². The maximum atomic E-state index is 14.3. The minimum absolute atomic E-state index is 0.00921. The van der Waals surface area contributed by atoms with Gasteiger partial charge in [0.1, 0.15) is 23.8 Å². The number of nitrogens with zero attached hydrogens (tertiary/aromatic N) is 5. The van der Waals surface area contributed by atoms with Crippen molar-refractivity contribution in [3.8, 4) is 5.75 Å². The van der Waals surface area contributed by atoms with Crippen LogP contribution in [0.1, 0.15) is 55.1 Å². The molecule has 1 aromatic heterocycles. The van der Waals surface area contributed by atoms with Gasteiger partial charge in [0.25, 0.3) is 5.91 Å². The molecule has 0 bridgehead atoms. The molecule has 0 saturated carbocycles. The predicted octanol–water partition coefficient (Wildman–Crippen LogP) is 6.92. The van der Waals surface area contributed by atoms with Crippen molar-refractivity contribution in [1.82, 2.24) is 14.7 Å². The Balaban J connectivity index is 1.42. The number of halogens is 4. The van der Waals surface area contributed by atoms with E-state index in [1.807, 2.05) is 18.9 Å². The number of benzene rings is 3. The summed E-state index contributed by atoms with van der Waals surface area (Å²) in [5.74, 6) is -3.21. The van der Waals surface area contributed by atoms with Gasteiger partial charge in [0, 0.05) is 56.5 Å². The van der Waals surface area contributed by atoms with Gasteiger partial charge in [-0.2, -0.15) is 17.9 Å². The van der Waals surface area contributed by atoms with Crippen LogP contribution in [-0.4, -0.2) is 96.8 Å². The van der Waals surface area contributed by atoms with Gasteiger partial charge in [-0.3, -0.25) is 9.59 Å². The average Bonchev–Trinajstić information content (AvgIpc) is 3.49. The molecule has 12 nitrogen and oxygen atoms in total. The molecule has 6 rings (SSSR count). The molecule has 2 amide bonds. The van der Waals surface area contributed by atoms with Crippen LogP contribution in [0.4, 0.5) is 39.5 Å². The summed E-state index contributed by atoms with van der Waals surface area (Å²) in [7, 11) is 1.97. The lowest BCUT2D eigenvalue weighted by Crippen LogP contribution is -2.50. The van der Waals surface area contributed by atoms with E-state index in [1.165, 1.54) is 30.3 Å². The van der Waals surface area contributed by atoms with Gasteiger partial charge in [-0.25, -0.2) is 9.18 Å². The summed E-state index contributed by atoms with van der Waals surface area (Å²) in [6, 6.07) is 12.6. The second kappa shape index (κ2) is 15.9. The summed E-state index contributed by atoms with van der Waals surface area (Å²) >= 11 is 0. The zero-order valence-electron chi connectivity index (χ0n) is 31.3. The number of aromatic nitrogens is 2. The van der Waals surface area contributed by atoms with Crippen LogP contribution in [0.2, 0.25) is 0 Å². The van der Waals surface area contributed by atoms with Crippen LogP contribution in [0, 0.1) is 12.7 Å². The van der Waals surface area contributed by atoms with Crippen LogP contribution >= 0.6 is 0 Å². The molecule has 0 aliphatic carbocycles. The Bertz CT molecular complexity index is 2070. The molecule has 3 aromatic carbocycles. The highest BCUT2D eigenvalue weighted by atomic mass is 19.4. The van der Waals surface area contributed by atoms with Crippen LogP contribution in [0.3, 0.4) is 0 Å². The van der Waals surface area contributed by atoms with Gasteiger partial charge >= 0.3 is 18.2 Å². The van der Waals surface area contributed by atoms with E-state index >= 15 is 0 Å². The van der Waals surface area contributed by atoms with Crippen molar-refractivity contribution in [3.05, 3.63) is 77.1 Å². The molecule has 0 spiro atoms. The van der Waals surface area contributed by atoms with Crippen LogP contribution in [0.5, 0.6) is 5.75 Å². The number of rotatable bonds is 8. The molecule has 294 valence electrons. The predicted molar refractivity (Wildman–Crippen MR) is 198 cm³/mol. The number of hydrogen-bond donors (Lipinski definition) is 1. The van der Waals surface area contributed by atoms with Gasteiger partial charge < -0.3 is 34.2 Å². The summed E-state index contributed by atoms with van der Waals surface area (Å²) in [6.45, 7) is 9.75. The first-order valence-electron chi connectivity index (χ1n) is 18.0. The number of aryl methyl sites for hydroxylation is 1. The number of ether oxygens (including phenoxy) is 3. The molecule has 0 atom stereocenters. The monoisotopic (exact) mass is 768 g/mol. The number of nitrogens with one attached hydrogen (secondary N) is 1. The average molecular weight is 769 g/mol. The van der Waals surface area contributed by atoms with E-state index in [1.54, 1.807) is 45.0 Å². The molecule has 0 unspecified atom stereocenters. The molecule has 2 aliphatic rings. The number of hydrogen-bond acceptors (Lipinski definition) is 9. The van der Waals surface area contributed by atoms with E-state index in [-0.39, 0.29) is 60.6 Å². The van der Waals surface area contributed by atoms with Crippen LogP contribution < -0.4 is 19.9 Å². The summed E-state index contributed by atoms with van der Waals surface area (Å²) < 4.78 is 74.8. The molecule has 2 saturated heterocycles. The third kappa shape index (κ3) is 9.19. The topological polar surface area (TPSA) is 118 Å². The zero-order valence-corrected chi connectivity index (χ0v) is 31.3. The Kier molecular flexibility index (Phi) is 11.4. The minimum Gasteiger partial charge on any atom is -0.489 e. The Morgan fingerprint density at radius 3 is 2.35 bits per heavy atom. The highest BCUT2D eigenvalue weighted by Crippen LogP contribution is 2.36. The molecule has 2 fully saturated rings. The first-order chi connectivity index (χ1) is 26.0. The lowest BCUT2D eigenvalue weighted by Gasteiger charge is -2.37. The maximum absolute atomic E-state index is 14.3.